The molecule has 1 aromatic rings. The maximum Gasteiger partial charge on any atom is 0.239 e. The molecule has 0 radical (unpaired) electrons. The van der Waals surface area contributed by atoms with Crippen molar-refractivity contribution in [3.05, 3.63) is 34.3 Å². The predicted octanol–water partition coefficient (Wildman–Crippen LogP) is 2.85. The van der Waals surface area contributed by atoms with Gasteiger partial charge < -0.3 is 5.73 Å². The molecule has 0 unspecified atom stereocenters. The number of amides is 1. The number of halogens is 1. The third kappa shape index (κ3) is 3.97. The van der Waals surface area contributed by atoms with Crippen LogP contribution in [-0.4, -0.2) is 23.5 Å². The van der Waals surface area contributed by atoms with Gasteiger partial charge >= 0.3 is 0 Å². The Morgan fingerprint density at radius 2 is 2.32 bits per heavy atom. The summed E-state index contributed by atoms with van der Waals surface area (Å²) in [6.07, 6.45) is 5.58. The number of nitrogens with two attached hydrogens (primary N) is 1. The second-order valence-corrected chi connectivity index (χ2v) is 6.98. The number of thioether (sulfide) groups is 1. The van der Waals surface area contributed by atoms with Crippen molar-refractivity contribution in [2.75, 3.05) is 6.26 Å². The van der Waals surface area contributed by atoms with Gasteiger partial charge in [-0.15, -0.1) is 0 Å². The Morgan fingerprint density at radius 1 is 1.53 bits per heavy atom. The molecule has 1 amide bonds. The lowest BCUT2D eigenvalue weighted by atomic mass is 10.0. The van der Waals surface area contributed by atoms with Crippen LogP contribution in [0.3, 0.4) is 0 Å². The summed E-state index contributed by atoms with van der Waals surface area (Å²) in [5.74, 6) is -0.314. The molecule has 0 spiro atoms. The summed E-state index contributed by atoms with van der Waals surface area (Å²) in [4.78, 5) is 11.7. The molecule has 1 saturated carbocycles. The first-order valence-electron chi connectivity index (χ1n) is 6.43. The fourth-order valence-corrected chi connectivity index (χ4v) is 3.78. The van der Waals surface area contributed by atoms with Crippen LogP contribution in [0, 0.1) is 0 Å². The van der Waals surface area contributed by atoms with Gasteiger partial charge in [-0.05, 0) is 43.2 Å². The third-order valence-corrected chi connectivity index (χ3v) is 5.17. The molecule has 0 saturated heterocycles. The molecule has 0 bridgehead atoms. The largest absolute Gasteiger partial charge is 0.368 e. The summed E-state index contributed by atoms with van der Waals surface area (Å²) in [5, 5.41) is 4.12. The van der Waals surface area contributed by atoms with Gasteiger partial charge in [0.15, 0.2) is 0 Å². The maximum atomic E-state index is 11.7. The van der Waals surface area contributed by atoms with Crippen molar-refractivity contribution in [1.82, 2.24) is 5.32 Å². The Hall–Kier alpha value is -0.520. The van der Waals surface area contributed by atoms with Crippen molar-refractivity contribution in [2.45, 2.75) is 36.6 Å². The molecule has 3 atom stereocenters. The Morgan fingerprint density at radius 3 is 2.89 bits per heavy atom. The minimum atomic E-state index is -0.400. The molecule has 3 nitrogen and oxygen atoms in total. The topological polar surface area (TPSA) is 55.1 Å². The summed E-state index contributed by atoms with van der Waals surface area (Å²) in [6, 6.07) is 7.74. The van der Waals surface area contributed by atoms with Crippen LogP contribution in [-0.2, 0) is 4.79 Å². The summed E-state index contributed by atoms with van der Waals surface area (Å²) >= 11 is 5.34. The molecule has 0 aromatic heterocycles. The quantitative estimate of drug-likeness (QED) is 0.864. The van der Waals surface area contributed by atoms with E-state index in [1.165, 1.54) is 6.42 Å². The molecule has 0 aliphatic heterocycles. The molecule has 1 fully saturated rings. The van der Waals surface area contributed by atoms with E-state index >= 15 is 0 Å². The van der Waals surface area contributed by atoms with E-state index in [9.17, 15) is 4.79 Å². The molecule has 19 heavy (non-hydrogen) atoms. The minimum absolute atomic E-state index is 0.314. The first-order valence-corrected chi connectivity index (χ1v) is 8.52. The van der Waals surface area contributed by atoms with E-state index in [-0.39, 0.29) is 5.91 Å². The molecule has 5 heteroatoms. The number of primary amides is 1. The number of benzene rings is 1. The minimum Gasteiger partial charge on any atom is -0.368 e. The van der Waals surface area contributed by atoms with Gasteiger partial charge in [0.2, 0.25) is 5.91 Å². The van der Waals surface area contributed by atoms with E-state index in [4.69, 9.17) is 5.73 Å². The van der Waals surface area contributed by atoms with Crippen LogP contribution in [0.25, 0.3) is 0 Å². The Bertz CT molecular complexity index is 455. The fraction of sp³-hybridized carbons (Fsp3) is 0.500. The number of hydrogen-bond acceptors (Lipinski definition) is 3. The van der Waals surface area contributed by atoms with Gasteiger partial charge in [-0.2, -0.15) is 11.8 Å². The molecule has 1 aliphatic carbocycles. The van der Waals surface area contributed by atoms with Crippen LogP contribution in [0.5, 0.6) is 0 Å². The van der Waals surface area contributed by atoms with Crippen molar-refractivity contribution in [3.63, 3.8) is 0 Å². The van der Waals surface area contributed by atoms with Crippen molar-refractivity contribution >= 4 is 33.6 Å². The smallest absolute Gasteiger partial charge is 0.239 e. The Labute approximate surface area is 126 Å². The first-order chi connectivity index (χ1) is 9.10. The third-order valence-electron chi connectivity index (χ3n) is 3.59. The number of hydrogen-bond donors (Lipinski definition) is 2. The van der Waals surface area contributed by atoms with Crippen LogP contribution in [0.4, 0.5) is 0 Å². The molecular formula is C14H19BrN2OS. The van der Waals surface area contributed by atoms with Gasteiger partial charge in [-0.25, -0.2) is 0 Å². The summed E-state index contributed by atoms with van der Waals surface area (Å²) < 4.78 is 0.964. The van der Waals surface area contributed by atoms with Crippen molar-refractivity contribution in [1.29, 1.82) is 0 Å². The second-order valence-electron chi connectivity index (χ2n) is 4.92. The summed E-state index contributed by atoms with van der Waals surface area (Å²) in [6.45, 7) is 0. The fourth-order valence-electron chi connectivity index (χ4n) is 2.57. The predicted molar refractivity (Wildman–Crippen MR) is 84.2 cm³/mol. The van der Waals surface area contributed by atoms with Gasteiger partial charge in [-0.3, -0.25) is 10.1 Å². The standard InChI is InChI=1S/C14H19BrN2OS/c1-19-12-6-5-11(8-12)17-13(14(16)18)9-3-2-4-10(15)7-9/h2-4,7,11-13,17H,5-6,8H2,1H3,(H2,16,18)/t11-,12+,13-/m0/s1. The van der Waals surface area contributed by atoms with Gasteiger partial charge in [0.25, 0.3) is 0 Å². The normalized spacial score (nSPS) is 24.3. The van der Waals surface area contributed by atoms with E-state index in [0.29, 0.717) is 11.3 Å². The molecule has 1 aromatic carbocycles. The van der Waals surface area contributed by atoms with Crippen LogP contribution in [0.2, 0.25) is 0 Å². The second kappa shape index (κ2) is 6.77. The average Bonchev–Trinajstić information content (AvgIpc) is 2.83. The van der Waals surface area contributed by atoms with Gasteiger partial charge in [0.05, 0.1) is 0 Å². The van der Waals surface area contributed by atoms with E-state index in [0.717, 1.165) is 22.9 Å². The number of carbonyl (C=O) groups is 1. The highest BCUT2D eigenvalue weighted by atomic mass is 79.9. The molecule has 2 rings (SSSR count). The zero-order chi connectivity index (χ0) is 13.8. The zero-order valence-corrected chi connectivity index (χ0v) is 13.3. The van der Waals surface area contributed by atoms with Crippen molar-refractivity contribution < 1.29 is 4.79 Å². The van der Waals surface area contributed by atoms with E-state index in [2.05, 4.69) is 27.5 Å². The molecule has 3 N–H and O–H groups in total. The van der Waals surface area contributed by atoms with Crippen LogP contribution in [0.1, 0.15) is 30.9 Å². The van der Waals surface area contributed by atoms with Gasteiger partial charge in [-0.1, -0.05) is 28.1 Å². The van der Waals surface area contributed by atoms with E-state index in [1.807, 2.05) is 36.0 Å². The van der Waals surface area contributed by atoms with Crippen LogP contribution in [0.15, 0.2) is 28.7 Å². The lowest BCUT2D eigenvalue weighted by Crippen LogP contribution is -2.39. The van der Waals surface area contributed by atoms with Gasteiger partial charge in [0.1, 0.15) is 6.04 Å². The molecule has 104 valence electrons. The van der Waals surface area contributed by atoms with E-state index < -0.39 is 6.04 Å². The van der Waals surface area contributed by atoms with Crippen molar-refractivity contribution in [3.8, 4) is 0 Å². The number of rotatable bonds is 5. The zero-order valence-electron chi connectivity index (χ0n) is 10.9. The Balaban J connectivity index is 2.07. The van der Waals surface area contributed by atoms with Crippen molar-refractivity contribution in [2.24, 2.45) is 5.73 Å². The highest BCUT2D eigenvalue weighted by molar-refractivity contribution is 9.10. The maximum absolute atomic E-state index is 11.7. The first kappa shape index (κ1) is 14.9. The Kier molecular flexibility index (Phi) is 5.30. The number of carbonyl (C=O) groups excluding carboxylic acids is 1. The lowest BCUT2D eigenvalue weighted by molar-refractivity contribution is -0.120. The van der Waals surface area contributed by atoms with E-state index in [1.54, 1.807) is 0 Å². The molecule has 1 aliphatic rings. The summed E-state index contributed by atoms with van der Waals surface area (Å²) in [5.41, 5.74) is 6.47. The lowest BCUT2D eigenvalue weighted by Gasteiger charge is -2.21. The highest BCUT2D eigenvalue weighted by Crippen LogP contribution is 2.30. The van der Waals surface area contributed by atoms with Crippen LogP contribution >= 0.6 is 27.7 Å². The monoisotopic (exact) mass is 342 g/mol. The molecule has 0 heterocycles. The van der Waals surface area contributed by atoms with Crippen LogP contribution < -0.4 is 11.1 Å². The summed E-state index contributed by atoms with van der Waals surface area (Å²) in [7, 11) is 0. The SMILES string of the molecule is CS[C@@H]1CC[C@H](N[C@H](C(N)=O)c2cccc(Br)c2)C1. The average molecular weight is 343 g/mol. The number of nitrogens with one attached hydrogen (secondary N) is 1. The highest BCUT2D eigenvalue weighted by Gasteiger charge is 2.28. The molecular weight excluding hydrogens is 324 g/mol. The van der Waals surface area contributed by atoms with Gasteiger partial charge in [0, 0.05) is 15.8 Å².